The van der Waals surface area contributed by atoms with Gasteiger partial charge in [-0.15, -0.1) is 0 Å². The maximum atomic E-state index is 12.2. The number of rotatable bonds is 3. The van der Waals surface area contributed by atoms with Gasteiger partial charge in [0, 0.05) is 17.5 Å². The zero-order valence-corrected chi connectivity index (χ0v) is 12.3. The number of amides is 1. The lowest BCUT2D eigenvalue weighted by atomic mass is 9.99. The predicted molar refractivity (Wildman–Crippen MR) is 80.6 cm³/mol. The van der Waals surface area contributed by atoms with Gasteiger partial charge in [0.25, 0.3) is 0 Å². The van der Waals surface area contributed by atoms with E-state index >= 15 is 0 Å². The summed E-state index contributed by atoms with van der Waals surface area (Å²) < 4.78 is 0. The van der Waals surface area contributed by atoms with Crippen molar-refractivity contribution in [3.8, 4) is 0 Å². The number of fused-ring (bicyclic) bond motifs is 1. The Morgan fingerprint density at radius 3 is 2.95 bits per heavy atom. The number of carbonyl (C=O) groups excluding carboxylic acids is 1. The van der Waals surface area contributed by atoms with Crippen molar-refractivity contribution in [2.24, 2.45) is 11.7 Å². The monoisotopic (exact) mass is 292 g/mol. The summed E-state index contributed by atoms with van der Waals surface area (Å²) in [6.45, 7) is 0. The lowest BCUT2D eigenvalue weighted by Crippen LogP contribution is -2.33. The number of nitrogens with two attached hydrogens (primary N) is 1. The van der Waals surface area contributed by atoms with E-state index in [-0.39, 0.29) is 18.0 Å². The highest BCUT2D eigenvalue weighted by molar-refractivity contribution is 6.30. The van der Waals surface area contributed by atoms with E-state index < -0.39 is 0 Å². The Balaban J connectivity index is 1.61. The Bertz CT molecular complexity index is 517. The number of nitrogens with one attached hydrogen (secondary N) is 1. The van der Waals surface area contributed by atoms with Crippen molar-refractivity contribution >= 4 is 17.5 Å². The molecule has 0 aromatic heterocycles. The van der Waals surface area contributed by atoms with Crippen LogP contribution in [0.2, 0.25) is 5.02 Å². The number of carbonyl (C=O) groups is 1. The Labute approximate surface area is 124 Å². The summed E-state index contributed by atoms with van der Waals surface area (Å²) in [7, 11) is 0. The van der Waals surface area contributed by atoms with E-state index in [0.29, 0.717) is 12.3 Å². The lowest BCUT2D eigenvalue weighted by molar-refractivity contribution is -0.122. The molecule has 0 bridgehead atoms. The lowest BCUT2D eigenvalue weighted by Gasteiger charge is -2.18. The third kappa shape index (κ3) is 2.84. The van der Waals surface area contributed by atoms with Crippen molar-refractivity contribution in [1.29, 1.82) is 0 Å². The molecule has 3 atom stereocenters. The minimum Gasteiger partial charge on any atom is -0.349 e. The van der Waals surface area contributed by atoms with Crippen LogP contribution in [-0.4, -0.2) is 11.9 Å². The molecule has 0 radical (unpaired) electrons. The molecule has 1 unspecified atom stereocenters. The summed E-state index contributed by atoms with van der Waals surface area (Å²) in [5.74, 6) is 0.501. The van der Waals surface area contributed by atoms with E-state index in [1.54, 1.807) is 0 Å². The first-order valence-corrected chi connectivity index (χ1v) is 7.84. The van der Waals surface area contributed by atoms with E-state index in [4.69, 9.17) is 17.3 Å². The maximum Gasteiger partial charge on any atom is 0.220 e. The zero-order chi connectivity index (χ0) is 14.1. The van der Waals surface area contributed by atoms with Gasteiger partial charge in [0.05, 0.1) is 6.04 Å². The van der Waals surface area contributed by atoms with E-state index in [2.05, 4.69) is 5.32 Å². The van der Waals surface area contributed by atoms with Crippen molar-refractivity contribution < 1.29 is 4.79 Å². The molecule has 0 aliphatic heterocycles. The molecule has 3 N–H and O–H groups in total. The second-order valence-corrected chi connectivity index (χ2v) is 6.50. The van der Waals surface area contributed by atoms with Crippen molar-refractivity contribution in [3.05, 3.63) is 34.3 Å². The van der Waals surface area contributed by atoms with Gasteiger partial charge >= 0.3 is 0 Å². The molecule has 4 heteroatoms. The van der Waals surface area contributed by atoms with Crippen LogP contribution in [0.3, 0.4) is 0 Å². The van der Waals surface area contributed by atoms with Crippen LogP contribution >= 0.6 is 11.6 Å². The summed E-state index contributed by atoms with van der Waals surface area (Å²) >= 11 is 6.00. The normalized spacial score (nSPS) is 28.4. The maximum absolute atomic E-state index is 12.2. The first-order chi connectivity index (χ1) is 9.63. The van der Waals surface area contributed by atoms with Crippen LogP contribution in [-0.2, 0) is 11.2 Å². The van der Waals surface area contributed by atoms with Gasteiger partial charge in [-0.05, 0) is 54.9 Å². The summed E-state index contributed by atoms with van der Waals surface area (Å²) in [6.07, 6.45) is 5.83. The van der Waals surface area contributed by atoms with Gasteiger partial charge in [-0.25, -0.2) is 0 Å². The van der Waals surface area contributed by atoms with Gasteiger partial charge in [0.2, 0.25) is 5.91 Å². The van der Waals surface area contributed by atoms with Gasteiger partial charge in [-0.1, -0.05) is 24.1 Å². The van der Waals surface area contributed by atoms with Gasteiger partial charge in [-0.3, -0.25) is 4.79 Å². The number of hydrogen-bond acceptors (Lipinski definition) is 2. The van der Waals surface area contributed by atoms with Gasteiger partial charge in [0.15, 0.2) is 0 Å². The fourth-order valence-corrected chi connectivity index (χ4v) is 3.74. The van der Waals surface area contributed by atoms with Gasteiger partial charge in [-0.2, -0.15) is 0 Å². The van der Waals surface area contributed by atoms with E-state index in [9.17, 15) is 4.79 Å². The molecule has 3 rings (SSSR count). The van der Waals surface area contributed by atoms with E-state index in [1.165, 1.54) is 11.1 Å². The molecule has 1 aromatic rings. The van der Waals surface area contributed by atoms with Crippen molar-refractivity contribution in [2.45, 2.75) is 50.6 Å². The summed E-state index contributed by atoms with van der Waals surface area (Å²) in [5.41, 5.74) is 8.52. The average Bonchev–Trinajstić information content (AvgIpc) is 2.97. The third-order valence-electron chi connectivity index (χ3n) is 4.68. The standard InChI is InChI=1S/C16H21ClN2O/c17-12-5-6-13-10(8-12)4-7-15(13)19-16(20)9-11-2-1-3-14(11)18/h5-6,8,11,14-15H,1-4,7,9,18H2,(H,19,20)/t11-,14+,15?/m0/s1. The largest absolute Gasteiger partial charge is 0.349 e. The molecule has 1 aromatic carbocycles. The highest BCUT2D eigenvalue weighted by Gasteiger charge is 2.28. The van der Waals surface area contributed by atoms with Crippen LogP contribution < -0.4 is 11.1 Å². The molecule has 1 fully saturated rings. The molecule has 1 amide bonds. The van der Waals surface area contributed by atoms with Crippen molar-refractivity contribution in [3.63, 3.8) is 0 Å². The third-order valence-corrected chi connectivity index (χ3v) is 4.92. The second kappa shape index (κ2) is 5.74. The van der Waals surface area contributed by atoms with Crippen LogP contribution in [0.5, 0.6) is 0 Å². The van der Waals surface area contributed by atoms with Crippen LogP contribution in [0.1, 0.15) is 49.3 Å². The number of benzene rings is 1. The SMILES string of the molecule is N[C@@H]1CCC[C@H]1CC(=O)NC1CCc2cc(Cl)ccc21. The molecular weight excluding hydrogens is 272 g/mol. The second-order valence-electron chi connectivity index (χ2n) is 6.06. The van der Waals surface area contributed by atoms with Gasteiger partial charge < -0.3 is 11.1 Å². The van der Waals surface area contributed by atoms with Crippen LogP contribution in [0, 0.1) is 5.92 Å². The summed E-state index contributed by atoms with van der Waals surface area (Å²) in [6, 6.07) is 6.30. The molecule has 0 saturated heterocycles. The molecule has 2 aliphatic rings. The molecule has 20 heavy (non-hydrogen) atoms. The number of halogens is 1. The van der Waals surface area contributed by atoms with Crippen LogP contribution in [0.25, 0.3) is 0 Å². The first kappa shape index (κ1) is 13.9. The Morgan fingerprint density at radius 2 is 2.20 bits per heavy atom. The molecule has 3 nitrogen and oxygen atoms in total. The van der Waals surface area contributed by atoms with Crippen LogP contribution in [0.15, 0.2) is 18.2 Å². The Hall–Kier alpha value is -1.06. The zero-order valence-electron chi connectivity index (χ0n) is 11.6. The summed E-state index contributed by atoms with van der Waals surface area (Å²) in [4.78, 5) is 12.2. The predicted octanol–water partition coefficient (Wildman–Crippen LogP) is 2.96. The van der Waals surface area contributed by atoms with E-state index in [1.807, 2.05) is 18.2 Å². The van der Waals surface area contributed by atoms with Gasteiger partial charge in [0.1, 0.15) is 0 Å². The van der Waals surface area contributed by atoms with Crippen molar-refractivity contribution in [1.82, 2.24) is 5.32 Å². The Kier molecular flexibility index (Phi) is 3.99. The molecule has 1 saturated carbocycles. The first-order valence-electron chi connectivity index (χ1n) is 7.47. The fourth-order valence-electron chi connectivity index (χ4n) is 3.55. The molecule has 0 spiro atoms. The minimum absolute atomic E-state index is 0.139. The topological polar surface area (TPSA) is 55.1 Å². The highest BCUT2D eigenvalue weighted by atomic mass is 35.5. The molecule has 2 aliphatic carbocycles. The van der Waals surface area contributed by atoms with E-state index in [0.717, 1.165) is 37.1 Å². The molecule has 0 heterocycles. The number of aryl methyl sites for hydroxylation is 1. The minimum atomic E-state index is 0.139. The number of hydrogen-bond donors (Lipinski definition) is 2. The summed E-state index contributed by atoms with van der Waals surface area (Å²) in [5, 5.41) is 3.94. The smallest absolute Gasteiger partial charge is 0.220 e. The molecular formula is C16H21ClN2O. The highest BCUT2D eigenvalue weighted by Crippen LogP contribution is 2.33. The molecule has 108 valence electrons. The average molecular weight is 293 g/mol. The van der Waals surface area contributed by atoms with Crippen molar-refractivity contribution in [2.75, 3.05) is 0 Å². The van der Waals surface area contributed by atoms with Crippen LogP contribution in [0.4, 0.5) is 0 Å². The quantitative estimate of drug-likeness (QED) is 0.900. The fraction of sp³-hybridized carbons (Fsp3) is 0.562. The Morgan fingerprint density at radius 1 is 1.35 bits per heavy atom.